The molecule has 10 heteroatoms. The molecule has 1 aromatic carbocycles. The molecule has 2 amide bonds. The van der Waals surface area contributed by atoms with Crippen LogP contribution in [0, 0.1) is 19.8 Å². The largest absolute Gasteiger partial charge is 0.466 e. The molecule has 1 aliphatic rings. The van der Waals surface area contributed by atoms with Gasteiger partial charge in [0.15, 0.2) is 0 Å². The molecule has 1 fully saturated rings. The maximum Gasteiger partial charge on any atom is 0.312 e. The summed E-state index contributed by atoms with van der Waals surface area (Å²) in [7, 11) is 0. The molecule has 2 aromatic rings. The zero-order valence-electron chi connectivity index (χ0n) is 18.5. The number of esters is 2. The number of aromatic amines is 1. The standard InChI is InChI=1S/C22H27N3O6S/c1-5-30-19(27)10-16(22(29)31-6-2)21-25(18(26)11-32-21)24-20(28)14-7-8-17-15(9-14)12(3)13(4)23-17/h7-9,16,21,23H,5-6,10-11H2,1-4H3,(H,24,28). The van der Waals surface area contributed by atoms with Crippen LogP contribution in [0.1, 0.15) is 41.9 Å². The number of hydrogen-bond acceptors (Lipinski definition) is 7. The summed E-state index contributed by atoms with van der Waals surface area (Å²) in [4.78, 5) is 53.4. The van der Waals surface area contributed by atoms with Crippen molar-refractivity contribution in [3.63, 3.8) is 0 Å². The molecule has 32 heavy (non-hydrogen) atoms. The summed E-state index contributed by atoms with van der Waals surface area (Å²) >= 11 is 1.17. The average molecular weight is 462 g/mol. The van der Waals surface area contributed by atoms with Gasteiger partial charge >= 0.3 is 11.9 Å². The minimum absolute atomic E-state index is 0.0683. The minimum Gasteiger partial charge on any atom is -0.466 e. The van der Waals surface area contributed by atoms with Gasteiger partial charge in [0.25, 0.3) is 11.8 Å². The molecule has 0 radical (unpaired) electrons. The topological polar surface area (TPSA) is 118 Å². The zero-order valence-corrected chi connectivity index (χ0v) is 19.3. The number of thioether (sulfide) groups is 1. The zero-order chi connectivity index (χ0) is 23.4. The number of H-pyrrole nitrogens is 1. The van der Waals surface area contributed by atoms with Crippen molar-refractivity contribution < 1.29 is 28.7 Å². The average Bonchev–Trinajstić information content (AvgIpc) is 3.25. The van der Waals surface area contributed by atoms with Gasteiger partial charge in [-0.05, 0) is 51.5 Å². The smallest absolute Gasteiger partial charge is 0.312 e. The van der Waals surface area contributed by atoms with Crippen molar-refractivity contribution in [2.75, 3.05) is 19.0 Å². The van der Waals surface area contributed by atoms with E-state index >= 15 is 0 Å². The Morgan fingerprint density at radius 1 is 1.22 bits per heavy atom. The van der Waals surface area contributed by atoms with Crippen molar-refractivity contribution in [2.24, 2.45) is 5.92 Å². The third-order valence-corrected chi connectivity index (χ3v) is 6.61. The Kier molecular flexibility index (Phi) is 7.44. The first-order valence-corrected chi connectivity index (χ1v) is 11.5. The monoisotopic (exact) mass is 461 g/mol. The van der Waals surface area contributed by atoms with Crippen LogP contribution in [-0.2, 0) is 23.9 Å². The fraction of sp³-hybridized carbons (Fsp3) is 0.455. The fourth-order valence-corrected chi connectivity index (χ4v) is 4.80. The number of ether oxygens (including phenoxy) is 2. The van der Waals surface area contributed by atoms with Crippen LogP contribution in [0.5, 0.6) is 0 Å². The molecule has 0 spiro atoms. The van der Waals surface area contributed by atoms with Crippen molar-refractivity contribution in [2.45, 2.75) is 39.5 Å². The van der Waals surface area contributed by atoms with Crippen molar-refractivity contribution >= 4 is 46.4 Å². The summed E-state index contributed by atoms with van der Waals surface area (Å²) in [6, 6.07) is 5.23. The molecule has 1 saturated heterocycles. The van der Waals surface area contributed by atoms with Gasteiger partial charge in [-0.25, -0.2) is 5.01 Å². The van der Waals surface area contributed by atoms with E-state index in [-0.39, 0.29) is 31.3 Å². The quantitative estimate of drug-likeness (QED) is 0.580. The second-order valence-corrected chi connectivity index (χ2v) is 8.51. The highest BCUT2D eigenvalue weighted by atomic mass is 32.2. The predicted molar refractivity (Wildman–Crippen MR) is 120 cm³/mol. The van der Waals surface area contributed by atoms with E-state index in [1.807, 2.05) is 19.9 Å². The Labute approximate surface area is 190 Å². The summed E-state index contributed by atoms with van der Waals surface area (Å²) in [6.45, 7) is 7.55. The Balaban J connectivity index is 1.83. The van der Waals surface area contributed by atoms with Crippen LogP contribution in [0.4, 0.5) is 0 Å². The Morgan fingerprint density at radius 3 is 2.62 bits per heavy atom. The van der Waals surface area contributed by atoms with Gasteiger partial charge in [-0.2, -0.15) is 0 Å². The van der Waals surface area contributed by atoms with E-state index in [0.29, 0.717) is 5.56 Å². The van der Waals surface area contributed by atoms with E-state index < -0.39 is 29.1 Å². The second kappa shape index (κ2) is 10.1. The van der Waals surface area contributed by atoms with Crippen LogP contribution in [-0.4, -0.2) is 58.1 Å². The van der Waals surface area contributed by atoms with Crippen molar-refractivity contribution in [3.8, 4) is 0 Å². The molecule has 2 N–H and O–H groups in total. The van der Waals surface area contributed by atoms with Gasteiger partial charge in [0.2, 0.25) is 0 Å². The van der Waals surface area contributed by atoms with Crippen molar-refractivity contribution in [3.05, 3.63) is 35.0 Å². The predicted octanol–water partition coefficient (Wildman–Crippen LogP) is 2.46. The van der Waals surface area contributed by atoms with Gasteiger partial charge in [0, 0.05) is 22.2 Å². The Hall–Kier alpha value is -3.01. The number of carbonyl (C=O) groups excluding carboxylic acids is 4. The van der Waals surface area contributed by atoms with E-state index in [2.05, 4.69) is 10.4 Å². The SMILES string of the molecule is CCOC(=O)CC(C(=O)OCC)C1SCC(=O)N1NC(=O)c1ccc2[nH]c(C)c(C)c2c1. The number of carbonyl (C=O) groups is 4. The maximum atomic E-state index is 13.0. The fourth-order valence-electron chi connectivity index (χ4n) is 3.59. The molecular formula is C22H27N3O6S. The number of hydrazine groups is 1. The molecule has 1 aliphatic heterocycles. The summed E-state index contributed by atoms with van der Waals surface area (Å²) in [5, 5.41) is 1.27. The second-order valence-electron chi connectivity index (χ2n) is 7.41. The maximum absolute atomic E-state index is 13.0. The van der Waals surface area contributed by atoms with Gasteiger partial charge in [-0.3, -0.25) is 24.6 Å². The first-order chi connectivity index (χ1) is 15.3. The molecule has 0 saturated carbocycles. The third kappa shape index (κ3) is 4.90. The van der Waals surface area contributed by atoms with Crippen molar-refractivity contribution in [1.82, 2.24) is 15.4 Å². The Bertz CT molecular complexity index is 1050. The minimum atomic E-state index is -0.970. The first-order valence-electron chi connectivity index (χ1n) is 10.4. The molecule has 2 atom stereocenters. The van der Waals surface area contributed by atoms with Crippen LogP contribution in [0.25, 0.3) is 10.9 Å². The van der Waals surface area contributed by atoms with E-state index in [0.717, 1.165) is 27.2 Å². The lowest BCUT2D eigenvalue weighted by molar-refractivity contribution is -0.157. The molecule has 2 heterocycles. The lowest BCUT2D eigenvalue weighted by atomic mass is 10.1. The van der Waals surface area contributed by atoms with E-state index in [9.17, 15) is 19.2 Å². The molecule has 2 unspecified atom stereocenters. The molecule has 1 aromatic heterocycles. The van der Waals surface area contributed by atoms with Gasteiger partial charge in [-0.15, -0.1) is 11.8 Å². The van der Waals surface area contributed by atoms with Gasteiger partial charge in [0.1, 0.15) is 5.37 Å². The van der Waals surface area contributed by atoms with Gasteiger partial charge in [-0.1, -0.05) is 0 Å². The summed E-state index contributed by atoms with van der Waals surface area (Å²) < 4.78 is 10.1. The highest BCUT2D eigenvalue weighted by Crippen LogP contribution is 2.33. The number of nitrogens with zero attached hydrogens (tertiary/aromatic N) is 1. The molecule has 172 valence electrons. The number of fused-ring (bicyclic) bond motifs is 1. The van der Waals surface area contributed by atoms with E-state index in [1.165, 1.54) is 11.8 Å². The lowest BCUT2D eigenvalue weighted by Crippen LogP contribution is -2.51. The number of aromatic nitrogens is 1. The number of amides is 2. The number of nitrogens with one attached hydrogen (secondary N) is 2. The highest BCUT2D eigenvalue weighted by Gasteiger charge is 2.43. The van der Waals surface area contributed by atoms with E-state index in [1.54, 1.807) is 26.0 Å². The highest BCUT2D eigenvalue weighted by molar-refractivity contribution is 8.01. The summed E-state index contributed by atoms with van der Waals surface area (Å²) in [5.74, 6) is -2.93. The van der Waals surface area contributed by atoms with Crippen LogP contribution < -0.4 is 5.43 Å². The number of benzene rings is 1. The summed E-state index contributed by atoms with van der Waals surface area (Å²) in [6.07, 6.45) is -0.252. The van der Waals surface area contributed by atoms with Gasteiger partial charge in [0.05, 0.1) is 31.3 Å². The van der Waals surface area contributed by atoms with Crippen LogP contribution in [0.15, 0.2) is 18.2 Å². The molecule has 3 rings (SSSR count). The molecule has 9 nitrogen and oxygen atoms in total. The number of aryl methyl sites for hydroxylation is 2. The number of rotatable bonds is 8. The third-order valence-electron chi connectivity index (χ3n) is 5.32. The van der Waals surface area contributed by atoms with Crippen LogP contribution in [0.2, 0.25) is 0 Å². The van der Waals surface area contributed by atoms with Crippen molar-refractivity contribution in [1.29, 1.82) is 0 Å². The van der Waals surface area contributed by atoms with Crippen LogP contribution >= 0.6 is 11.8 Å². The number of hydrogen-bond donors (Lipinski definition) is 2. The summed E-state index contributed by atoms with van der Waals surface area (Å²) in [5.41, 5.74) is 5.97. The lowest BCUT2D eigenvalue weighted by Gasteiger charge is -2.29. The molecule has 0 aliphatic carbocycles. The van der Waals surface area contributed by atoms with E-state index in [4.69, 9.17) is 9.47 Å². The Morgan fingerprint density at radius 2 is 1.94 bits per heavy atom. The van der Waals surface area contributed by atoms with Gasteiger partial charge < -0.3 is 14.5 Å². The first kappa shape index (κ1) is 23.6. The molecule has 0 bridgehead atoms. The van der Waals surface area contributed by atoms with Crippen LogP contribution in [0.3, 0.4) is 0 Å². The normalized spacial score (nSPS) is 16.8. The molecular weight excluding hydrogens is 434 g/mol.